The fourth-order valence-corrected chi connectivity index (χ4v) is 3.19. The molecule has 2 N–H and O–H groups in total. The van der Waals surface area contributed by atoms with Crippen molar-refractivity contribution in [3.63, 3.8) is 0 Å². The number of ether oxygens (including phenoxy) is 2. The maximum atomic E-state index is 6.01. The smallest absolute Gasteiger partial charge is 0.191 e. The Morgan fingerprint density at radius 3 is 2.58 bits per heavy atom. The first-order chi connectivity index (χ1) is 12.1. The van der Waals surface area contributed by atoms with Crippen LogP contribution < -0.4 is 15.4 Å². The van der Waals surface area contributed by atoms with Gasteiger partial charge < -0.3 is 20.1 Å². The number of aliphatic imine (C=N–C) groups is 1. The van der Waals surface area contributed by atoms with Crippen molar-refractivity contribution in [1.82, 2.24) is 10.6 Å². The Kier molecular flexibility index (Phi) is 10.3. The van der Waals surface area contributed by atoms with Gasteiger partial charge in [0.1, 0.15) is 11.9 Å². The highest BCUT2D eigenvalue weighted by Gasteiger charge is 2.36. The van der Waals surface area contributed by atoms with Crippen LogP contribution >= 0.6 is 24.0 Å². The Labute approximate surface area is 175 Å². The summed E-state index contributed by atoms with van der Waals surface area (Å²) in [6, 6.07) is 8.10. The van der Waals surface area contributed by atoms with Crippen LogP contribution in [0.3, 0.4) is 0 Å². The standard InChI is InChI=1S/C20H33N3O2.HI/c1-16-8-5-6-9-18(16)25-17(2)14-22-19(21-3)23-15-20(10-7-11-20)12-13-24-4;/h5-6,8-9,17H,7,10-15H2,1-4H3,(H2,21,22,23);1H. The molecule has 1 aromatic carbocycles. The number of guanidine groups is 1. The largest absolute Gasteiger partial charge is 0.489 e. The number of rotatable bonds is 9. The summed E-state index contributed by atoms with van der Waals surface area (Å²) < 4.78 is 11.3. The topological polar surface area (TPSA) is 54.9 Å². The molecule has 0 spiro atoms. The molecule has 148 valence electrons. The van der Waals surface area contributed by atoms with E-state index in [0.29, 0.717) is 12.0 Å². The van der Waals surface area contributed by atoms with Gasteiger partial charge >= 0.3 is 0 Å². The number of nitrogens with zero attached hydrogens (tertiary/aromatic N) is 1. The minimum Gasteiger partial charge on any atom is -0.489 e. The fourth-order valence-electron chi connectivity index (χ4n) is 3.19. The molecule has 26 heavy (non-hydrogen) atoms. The summed E-state index contributed by atoms with van der Waals surface area (Å²) >= 11 is 0. The van der Waals surface area contributed by atoms with Crippen molar-refractivity contribution < 1.29 is 9.47 Å². The second-order valence-electron chi connectivity index (χ2n) is 7.10. The molecule has 0 bridgehead atoms. The summed E-state index contributed by atoms with van der Waals surface area (Å²) in [5.41, 5.74) is 1.53. The number of aryl methyl sites for hydroxylation is 1. The first kappa shape index (κ1) is 23.0. The Balaban J connectivity index is 0.00000338. The third kappa shape index (κ3) is 6.95. The number of hydrogen-bond donors (Lipinski definition) is 2. The first-order valence-electron chi connectivity index (χ1n) is 9.24. The van der Waals surface area contributed by atoms with Crippen LogP contribution in [0.25, 0.3) is 0 Å². The lowest BCUT2D eigenvalue weighted by molar-refractivity contribution is 0.0732. The van der Waals surface area contributed by atoms with Crippen molar-refractivity contribution in [1.29, 1.82) is 0 Å². The Bertz CT molecular complexity index is 562. The molecule has 1 unspecified atom stereocenters. The van der Waals surface area contributed by atoms with Crippen LogP contribution in [0.1, 0.15) is 38.2 Å². The molecular weight excluding hydrogens is 441 g/mol. The van der Waals surface area contributed by atoms with E-state index in [1.54, 1.807) is 7.11 Å². The van der Waals surface area contributed by atoms with Crippen LogP contribution in [0.2, 0.25) is 0 Å². The van der Waals surface area contributed by atoms with Crippen LogP contribution in [-0.2, 0) is 4.74 Å². The van der Waals surface area contributed by atoms with Gasteiger partial charge in [-0.2, -0.15) is 0 Å². The maximum Gasteiger partial charge on any atom is 0.191 e. The molecule has 0 radical (unpaired) electrons. The zero-order valence-corrected chi connectivity index (χ0v) is 18.8. The third-order valence-electron chi connectivity index (χ3n) is 5.08. The summed E-state index contributed by atoms with van der Waals surface area (Å²) in [5, 5.41) is 6.85. The van der Waals surface area contributed by atoms with E-state index < -0.39 is 0 Å². The average Bonchev–Trinajstić information content (AvgIpc) is 2.58. The molecule has 5 nitrogen and oxygen atoms in total. The predicted molar refractivity (Wildman–Crippen MR) is 119 cm³/mol. The lowest BCUT2D eigenvalue weighted by atomic mass is 9.67. The van der Waals surface area contributed by atoms with Crippen LogP contribution in [0, 0.1) is 12.3 Å². The Morgan fingerprint density at radius 2 is 2.00 bits per heavy atom. The van der Waals surface area contributed by atoms with Crippen molar-refractivity contribution in [3.8, 4) is 5.75 Å². The molecule has 1 aromatic rings. The monoisotopic (exact) mass is 475 g/mol. The molecule has 0 amide bonds. The number of hydrogen-bond acceptors (Lipinski definition) is 3. The van der Waals surface area contributed by atoms with Gasteiger partial charge in [0.25, 0.3) is 0 Å². The van der Waals surface area contributed by atoms with Gasteiger partial charge in [0.2, 0.25) is 0 Å². The van der Waals surface area contributed by atoms with Crippen molar-refractivity contribution in [3.05, 3.63) is 29.8 Å². The first-order valence-corrected chi connectivity index (χ1v) is 9.24. The van der Waals surface area contributed by atoms with Crippen LogP contribution in [-0.4, -0.2) is 45.9 Å². The van der Waals surface area contributed by atoms with E-state index in [9.17, 15) is 0 Å². The van der Waals surface area contributed by atoms with Gasteiger partial charge in [-0.3, -0.25) is 4.99 Å². The SMILES string of the molecule is CN=C(NCC(C)Oc1ccccc1C)NCC1(CCOC)CCC1.I. The van der Waals surface area contributed by atoms with Gasteiger partial charge in [0.15, 0.2) is 5.96 Å². The third-order valence-corrected chi connectivity index (χ3v) is 5.08. The molecular formula is C20H34IN3O2. The van der Waals surface area contributed by atoms with Crippen molar-refractivity contribution in [2.75, 3.05) is 33.9 Å². The van der Waals surface area contributed by atoms with Crippen LogP contribution in [0.5, 0.6) is 5.75 Å². The zero-order valence-electron chi connectivity index (χ0n) is 16.5. The van der Waals surface area contributed by atoms with Gasteiger partial charge in [-0.05, 0) is 50.2 Å². The molecule has 0 aliphatic heterocycles. The van der Waals surface area contributed by atoms with Crippen molar-refractivity contribution in [2.45, 2.75) is 45.6 Å². The summed E-state index contributed by atoms with van der Waals surface area (Å²) in [7, 11) is 3.58. The molecule has 1 fully saturated rings. The van der Waals surface area contributed by atoms with Crippen molar-refractivity contribution >= 4 is 29.9 Å². The number of halogens is 1. The highest BCUT2D eigenvalue weighted by molar-refractivity contribution is 14.0. The van der Waals surface area contributed by atoms with Gasteiger partial charge in [0.05, 0.1) is 6.54 Å². The molecule has 0 aromatic heterocycles. The second kappa shape index (κ2) is 11.6. The minimum atomic E-state index is 0. The quantitative estimate of drug-likeness (QED) is 0.325. The molecule has 0 heterocycles. The van der Waals surface area contributed by atoms with Crippen LogP contribution in [0.15, 0.2) is 29.3 Å². The van der Waals surface area contributed by atoms with Gasteiger partial charge in [0, 0.05) is 27.3 Å². The van der Waals surface area contributed by atoms with E-state index in [-0.39, 0.29) is 30.1 Å². The summed E-state index contributed by atoms with van der Waals surface area (Å²) in [4.78, 5) is 4.33. The Hall–Kier alpha value is -1.02. The second-order valence-corrected chi connectivity index (χ2v) is 7.10. The molecule has 1 saturated carbocycles. The van der Waals surface area contributed by atoms with Crippen molar-refractivity contribution in [2.24, 2.45) is 10.4 Å². The normalized spacial score (nSPS) is 16.8. The number of para-hydroxylation sites is 1. The number of benzene rings is 1. The fraction of sp³-hybridized carbons (Fsp3) is 0.650. The highest BCUT2D eigenvalue weighted by atomic mass is 127. The Morgan fingerprint density at radius 1 is 1.27 bits per heavy atom. The average molecular weight is 475 g/mol. The van der Waals surface area contributed by atoms with E-state index in [1.807, 2.05) is 25.2 Å². The van der Waals surface area contributed by atoms with Gasteiger partial charge in [-0.15, -0.1) is 24.0 Å². The summed E-state index contributed by atoms with van der Waals surface area (Å²) in [6.45, 7) is 6.62. The molecule has 1 aliphatic carbocycles. The minimum absolute atomic E-state index is 0. The van der Waals surface area contributed by atoms with Gasteiger partial charge in [-0.1, -0.05) is 24.6 Å². The lowest BCUT2D eigenvalue weighted by Crippen LogP contribution is -2.48. The summed E-state index contributed by atoms with van der Waals surface area (Å²) in [6.07, 6.45) is 5.03. The van der Waals surface area contributed by atoms with E-state index in [1.165, 1.54) is 19.3 Å². The van der Waals surface area contributed by atoms with Gasteiger partial charge in [-0.25, -0.2) is 0 Å². The van der Waals surface area contributed by atoms with E-state index in [0.717, 1.165) is 36.8 Å². The molecule has 2 rings (SSSR count). The van der Waals surface area contributed by atoms with E-state index in [2.05, 4.69) is 35.5 Å². The molecule has 1 aliphatic rings. The van der Waals surface area contributed by atoms with Crippen LogP contribution in [0.4, 0.5) is 0 Å². The predicted octanol–water partition coefficient (Wildman–Crippen LogP) is 3.75. The summed E-state index contributed by atoms with van der Waals surface area (Å²) in [5.74, 6) is 1.77. The van der Waals surface area contributed by atoms with E-state index in [4.69, 9.17) is 9.47 Å². The number of methoxy groups -OCH3 is 1. The van der Waals surface area contributed by atoms with E-state index >= 15 is 0 Å². The molecule has 6 heteroatoms. The number of nitrogens with one attached hydrogen (secondary N) is 2. The molecule has 0 saturated heterocycles. The molecule has 1 atom stereocenters. The maximum absolute atomic E-state index is 6.01. The zero-order chi connectivity index (χ0) is 18.1. The highest BCUT2D eigenvalue weighted by Crippen LogP contribution is 2.43. The lowest BCUT2D eigenvalue weighted by Gasteiger charge is -2.42.